The van der Waals surface area contributed by atoms with Gasteiger partial charge in [-0.25, -0.2) is 28.7 Å². The molecule has 0 aliphatic carbocycles. The van der Waals surface area contributed by atoms with Crippen molar-refractivity contribution in [3.05, 3.63) is 89.5 Å². The first-order valence-electron chi connectivity index (χ1n) is 10.8. The first kappa shape index (κ1) is 22.3. The van der Waals surface area contributed by atoms with Crippen molar-refractivity contribution in [2.75, 3.05) is 11.1 Å². The maximum absolute atomic E-state index is 13.5. The van der Waals surface area contributed by atoms with Crippen molar-refractivity contribution in [2.45, 2.75) is 25.7 Å². The maximum atomic E-state index is 13.5. The molecule has 1 aliphatic rings. The molecule has 1 amide bonds. The van der Waals surface area contributed by atoms with Crippen molar-refractivity contribution in [1.29, 1.82) is 0 Å². The molecule has 8 nitrogen and oxygen atoms in total. The van der Waals surface area contributed by atoms with Gasteiger partial charge in [-0.05, 0) is 43.2 Å². The van der Waals surface area contributed by atoms with E-state index in [0.717, 1.165) is 0 Å². The van der Waals surface area contributed by atoms with Gasteiger partial charge >= 0.3 is 0 Å². The molecule has 0 saturated carbocycles. The van der Waals surface area contributed by atoms with Gasteiger partial charge in [0.15, 0.2) is 11.5 Å². The summed E-state index contributed by atoms with van der Waals surface area (Å²) in [7, 11) is 0. The third-order valence-corrected chi connectivity index (χ3v) is 6.01. The molecule has 1 unspecified atom stereocenters. The Bertz CT molecular complexity index is 1540. The number of imidazole rings is 1. The number of nitrogens with one attached hydrogen (secondary N) is 1. The van der Waals surface area contributed by atoms with Crippen LogP contribution in [0.4, 0.5) is 20.4 Å². The lowest BCUT2D eigenvalue weighted by Crippen LogP contribution is -2.33. The van der Waals surface area contributed by atoms with Crippen LogP contribution in [0.25, 0.3) is 17.2 Å². The Balaban J connectivity index is 1.61. The predicted octanol–water partition coefficient (Wildman–Crippen LogP) is 4.14. The van der Waals surface area contributed by atoms with Crippen LogP contribution in [0, 0.1) is 5.82 Å². The number of anilines is 2. The predicted molar refractivity (Wildman–Crippen MR) is 128 cm³/mol. The second-order valence-electron chi connectivity index (χ2n) is 8.54. The number of benzene rings is 1. The molecular weight excluding hydrogens is 452 g/mol. The lowest BCUT2D eigenvalue weighted by atomic mass is 9.78. The molecule has 0 spiro atoms. The molecule has 0 fully saturated rings. The van der Waals surface area contributed by atoms with Crippen molar-refractivity contribution in [1.82, 2.24) is 24.3 Å². The van der Waals surface area contributed by atoms with Crippen LogP contribution in [-0.4, -0.2) is 30.2 Å². The Kier molecular flexibility index (Phi) is 5.16. The molecule has 1 aromatic carbocycles. The molecule has 0 radical (unpaired) electrons. The quantitative estimate of drug-likeness (QED) is 0.422. The fraction of sp³-hybridized carbons (Fsp3) is 0.160. The molecule has 5 rings (SSSR count). The number of nitrogens with zero attached hydrogens (tertiary/aromatic N) is 5. The zero-order chi connectivity index (χ0) is 24.9. The van der Waals surface area contributed by atoms with E-state index in [1.165, 1.54) is 25.1 Å². The number of amides is 1. The van der Waals surface area contributed by atoms with Gasteiger partial charge in [-0.3, -0.25) is 4.79 Å². The first-order valence-corrected chi connectivity index (χ1v) is 10.8. The minimum Gasteiger partial charge on any atom is -0.383 e. The zero-order valence-corrected chi connectivity index (χ0v) is 19.0. The number of hydrogen-bond donors (Lipinski definition) is 2. The van der Waals surface area contributed by atoms with E-state index >= 15 is 0 Å². The molecule has 10 heteroatoms. The molecule has 176 valence electrons. The lowest BCUT2D eigenvalue weighted by molar-refractivity contribution is -0.119. The van der Waals surface area contributed by atoms with Crippen LogP contribution in [0.1, 0.15) is 30.7 Å². The summed E-state index contributed by atoms with van der Waals surface area (Å²) in [5.74, 6) is -0.555. The maximum Gasteiger partial charge on any atom is 0.240 e. The summed E-state index contributed by atoms with van der Waals surface area (Å²) in [5, 5.41) is 2.78. The molecule has 3 N–H and O–H groups in total. The molecular formula is C25H21F2N7O. The van der Waals surface area contributed by atoms with E-state index < -0.39 is 11.2 Å². The summed E-state index contributed by atoms with van der Waals surface area (Å²) in [5.41, 5.74) is 8.20. The third-order valence-electron chi connectivity index (χ3n) is 6.01. The SMILES string of the molecule is C=C(/C=C(\C)F)Cc1nc(-c2nc(N)c3c(n2)NC(=O)C3(C)c2ccc(F)cc2)cn2ccnc12. The van der Waals surface area contributed by atoms with Crippen LogP contribution < -0.4 is 11.1 Å². The first-order chi connectivity index (χ1) is 16.7. The van der Waals surface area contributed by atoms with E-state index in [-0.39, 0.29) is 35.6 Å². The number of hydrogen-bond acceptors (Lipinski definition) is 6. The fourth-order valence-electron chi connectivity index (χ4n) is 4.35. The topological polar surface area (TPSA) is 111 Å². The second kappa shape index (κ2) is 8.08. The van der Waals surface area contributed by atoms with Gasteiger partial charge in [-0.2, -0.15) is 0 Å². The zero-order valence-electron chi connectivity index (χ0n) is 19.0. The van der Waals surface area contributed by atoms with Gasteiger partial charge in [0.2, 0.25) is 5.91 Å². The van der Waals surface area contributed by atoms with Crippen LogP contribution in [0.2, 0.25) is 0 Å². The van der Waals surface area contributed by atoms with Crippen LogP contribution in [-0.2, 0) is 16.6 Å². The van der Waals surface area contributed by atoms with E-state index in [2.05, 4.69) is 31.8 Å². The Hall–Kier alpha value is -4.47. The monoisotopic (exact) mass is 473 g/mol. The van der Waals surface area contributed by atoms with Crippen LogP contribution in [0.15, 0.2) is 66.9 Å². The fourth-order valence-corrected chi connectivity index (χ4v) is 4.35. The number of carbonyl (C=O) groups is 1. The second-order valence-corrected chi connectivity index (χ2v) is 8.54. The number of fused-ring (bicyclic) bond motifs is 2. The molecule has 35 heavy (non-hydrogen) atoms. The van der Waals surface area contributed by atoms with Gasteiger partial charge < -0.3 is 15.5 Å². The van der Waals surface area contributed by atoms with E-state index in [1.807, 2.05) is 0 Å². The highest BCUT2D eigenvalue weighted by Crippen LogP contribution is 2.44. The summed E-state index contributed by atoms with van der Waals surface area (Å²) < 4.78 is 28.6. The Morgan fingerprint density at radius 2 is 2.00 bits per heavy atom. The van der Waals surface area contributed by atoms with Gasteiger partial charge in [0.05, 0.1) is 17.1 Å². The number of nitrogen functional groups attached to an aromatic ring is 1. The van der Waals surface area contributed by atoms with Crippen LogP contribution >= 0.6 is 0 Å². The molecule has 1 aliphatic heterocycles. The number of nitrogens with two attached hydrogens (primary N) is 1. The molecule has 0 saturated heterocycles. The molecule has 4 heterocycles. The minimum absolute atomic E-state index is 0.102. The van der Waals surface area contributed by atoms with Gasteiger partial charge in [0, 0.05) is 25.0 Å². The Labute approximate surface area is 199 Å². The van der Waals surface area contributed by atoms with Crippen molar-refractivity contribution in [3.63, 3.8) is 0 Å². The summed E-state index contributed by atoms with van der Waals surface area (Å²) in [6.07, 6.45) is 6.66. The highest BCUT2D eigenvalue weighted by Gasteiger charge is 2.47. The van der Waals surface area contributed by atoms with Gasteiger partial charge in [0.25, 0.3) is 0 Å². The summed E-state index contributed by atoms with van der Waals surface area (Å²) in [4.78, 5) is 31.0. The molecule has 1 atom stereocenters. The van der Waals surface area contributed by atoms with E-state index in [0.29, 0.717) is 33.7 Å². The highest BCUT2D eigenvalue weighted by atomic mass is 19.1. The average molecular weight is 473 g/mol. The van der Waals surface area contributed by atoms with Crippen molar-refractivity contribution < 1.29 is 13.6 Å². The van der Waals surface area contributed by atoms with E-state index in [4.69, 9.17) is 5.73 Å². The smallest absolute Gasteiger partial charge is 0.240 e. The van der Waals surface area contributed by atoms with Crippen LogP contribution in [0.5, 0.6) is 0 Å². The lowest BCUT2D eigenvalue weighted by Gasteiger charge is -2.23. The summed E-state index contributed by atoms with van der Waals surface area (Å²) in [6.45, 7) is 6.93. The standard InChI is InChI=1S/C25H21F2N7O/c1-13(10-14(2)26)11-17-23-29-8-9-34(23)12-18(30-17)21-31-20(28)19-22(32-21)33-24(35)25(19,3)15-4-6-16(27)7-5-15/h4-10,12H,1,11H2,2-3H3,(H3,28,31,32,33,35)/b14-10+. The van der Waals surface area contributed by atoms with Crippen molar-refractivity contribution in [3.8, 4) is 11.5 Å². The number of rotatable bonds is 5. The number of halogens is 2. The van der Waals surface area contributed by atoms with Crippen LogP contribution in [0.3, 0.4) is 0 Å². The molecule has 4 aromatic rings. The number of allylic oxidation sites excluding steroid dienone is 3. The van der Waals surface area contributed by atoms with Gasteiger partial charge in [-0.15, -0.1) is 0 Å². The highest BCUT2D eigenvalue weighted by molar-refractivity contribution is 6.09. The molecule has 3 aromatic heterocycles. The third kappa shape index (κ3) is 3.72. The number of carbonyl (C=O) groups excluding carboxylic acids is 1. The van der Waals surface area contributed by atoms with E-state index in [1.54, 1.807) is 42.0 Å². The average Bonchev–Trinajstić information content (AvgIpc) is 3.36. The Morgan fingerprint density at radius 3 is 2.71 bits per heavy atom. The van der Waals surface area contributed by atoms with Gasteiger partial charge in [-0.1, -0.05) is 18.7 Å². The summed E-state index contributed by atoms with van der Waals surface area (Å²) >= 11 is 0. The minimum atomic E-state index is -1.19. The normalized spacial score (nSPS) is 17.5. The van der Waals surface area contributed by atoms with Crippen molar-refractivity contribution in [2.24, 2.45) is 0 Å². The molecule has 0 bridgehead atoms. The number of aromatic nitrogens is 5. The largest absolute Gasteiger partial charge is 0.383 e. The van der Waals surface area contributed by atoms with Crippen molar-refractivity contribution >= 4 is 23.2 Å². The Morgan fingerprint density at radius 1 is 1.26 bits per heavy atom. The van der Waals surface area contributed by atoms with E-state index in [9.17, 15) is 13.6 Å². The van der Waals surface area contributed by atoms with Gasteiger partial charge in [0.1, 0.15) is 28.6 Å². The summed E-state index contributed by atoms with van der Waals surface area (Å²) in [6, 6.07) is 5.66.